The molecule has 0 aromatic heterocycles. The lowest BCUT2D eigenvalue weighted by atomic mass is 9.80. The second-order valence-electron chi connectivity index (χ2n) is 5.94. The first-order valence-electron chi connectivity index (χ1n) is 6.97. The van der Waals surface area contributed by atoms with Crippen molar-refractivity contribution in [1.82, 2.24) is 4.72 Å². The van der Waals surface area contributed by atoms with Gasteiger partial charge in [0.25, 0.3) is 0 Å². The zero-order valence-electron chi connectivity index (χ0n) is 12.1. The summed E-state index contributed by atoms with van der Waals surface area (Å²) in [6.45, 7) is 4.05. The van der Waals surface area contributed by atoms with E-state index in [-0.39, 0.29) is 17.6 Å². The van der Waals surface area contributed by atoms with Gasteiger partial charge in [0.2, 0.25) is 10.0 Å². The first kappa shape index (κ1) is 16.2. The maximum atomic E-state index is 13.8. The van der Waals surface area contributed by atoms with Gasteiger partial charge in [-0.3, -0.25) is 0 Å². The van der Waals surface area contributed by atoms with Gasteiger partial charge < -0.3 is 5.73 Å². The highest BCUT2D eigenvalue weighted by Crippen LogP contribution is 2.30. The Bertz CT molecular complexity index is 611. The topological polar surface area (TPSA) is 72.2 Å². The zero-order chi connectivity index (χ0) is 15.8. The lowest BCUT2D eigenvalue weighted by Crippen LogP contribution is -2.42. The number of rotatable bonds is 3. The minimum Gasteiger partial charge on any atom is -0.399 e. The monoisotopic (exact) mass is 318 g/mol. The number of nitrogens with one attached hydrogen (secondary N) is 1. The molecule has 1 aromatic carbocycles. The molecule has 7 heteroatoms. The molecule has 21 heavy (non-hydrogen) atoms. The van der Waals surface area contributed by atoms with E-state index in [9.17, 15) is 17.2 Å². The molecule has 1 fully saturated rings. The molecule has 1 aromatic rings. The molecule has 0 radical (unpaired) electrons. The van der Waals surface area contributed by atoms with Gasteiger partial charge in [0.05, 0.1) is 0 Å². The summed E-state index contributed by atoms with van der Waals surface area (Å²) in [6, 6.07) is 1.32. The van der Waals surface area contributed by atoms with Crippen molar-refractivity contribution in [2.45, 2.75) is 44.0 Å². The van der Waals surface area contributed by atoms with Gasteiger partial charge in [-0.1, -0.05) is 13.8 Å². The van der Waals surface area contributed by atoms with E-state index in [0.29, 0.717) is 12.3 Å². The van der Waals surface area contributed by atoms with Crippen molar-refractivity contribution in [1.29, 1.82) is 0 Å². The van der Waals surface area contributed by atoms with Crippen molar-refractivity contribution in [3.05, 3.63) is 23.8 Å². The third kappa shape index (κ3) is 3.52. The minimum atomic E-state index is -4.24. The highest BCUT2D eigenvalue weighted by molar-refractivity contribution is 7.89. The third-order valence-corrected chi connectivity index (χ3v) is 5.57. The summed E-state index contributed by atoms with van der Waals surface area (Å²) in [5, 5.41) is 0. The minimum absolute atomic E-state index is 0.128. The van der Waals surface area contributed by atoms with E-state index in [2.05, 4.69) is 11.6 Å². The van der Waals surface area contributed by atoms with Crippen LogP contribution in [0.2, 0.25) is 0 Å². The molecular weight excluding hydrogens is 298 g/mol. The van der Waals surface area contributed by atoms with Crippen molar-refractivity contribution in [3.8, 4) is 0 Å². The molecule has 4 nitrogen and oxygen atoms in total. The summed E-state index contributed by atoms with van der Waals surface area (Å²) in [7, 11) is -4.24. The first-order valence-corrected chi connectivity index (χ1v) is 8.46. The molecule has 3 N–H and O–H groups in total. The van der Waals surface area contributed by atoms with Crippen molar-refractivity contribution in [2.24, 2.45) is 11.8 Å². The second-order valence-corrected chi connectivity index (χ2v) is 7.59. The standard InChI is InChI=1S/C14H20F2N2O2S/c1-8-3-4-13(9(2)5-8)18-21(19,20)14-11(15)6-10(17)7-12(14)16/h6-9,13,18H,3-5,17H2,1-2H3. The summed E-state index contributed by atoms with van der Waals surface area (Å²) in [4.78, 5) is -0.956. The zero-order valence-corrected chi connectivity index (χ0v) is 12.9. The molecule has 0 spiro atoms. The van der Waals surface area contributed by atoms with E-state index < -0.39 is 26.6 Å². The molecule has 1 aliphatic rings. The van der Waals surface area contributed by atoms with Crippen LogP contribution < -0.4 is 10.5 Å². The molecule has 0 heterocycles. The molecule has 118 valence electrons. The Kier molecular flexibility index (Phi) is 4.53. The number of hydrogen-bond donors (Lipinski definition) is 2. The van der Waals surface area contributed by atoms with E-state index >= 15 is 0 Å². The van der Waals surface area contributed by atoms with E-state index in [4.69, 9.17) is 5.73 Å². The van der Waals surface area contributed by atoms with Crippen LogP contribution in [-0.4, -0.2) is 14.5 Å². The number of sulfonamides is 1. The number of nitrogen functional groups attached to an aromatic ring is 1. The third-order valence-electron chi connectivity index (χ3n) is 4.03. The van der Waals surface area contributed by atoms with Gasteiger partial charge in [-0.05, 0) is 43.2 Å². The van der Waals surface area contributed by atoms with Crippen LogP contribution >= 0.6 is 0 Å². The van der Waals surface area contributed by atoms with Crippen LogP contribution in [0.1, 0.15) is 33.1 Å². The van der Waals surface area contributed by atoms with Gasteiger partial charge >= 0.3 is 0 Å². The fourth-order valence-electron chi connectivity index (χ4n) is 2.93. The predicted molar refractivity (Wildman–Crippen MR) is 77.1 cm³/mol. The van der Waals surface area contributed by atoms with Crippen LogP contribution in [0, 0.1) is 23.5 Å². The molecule has 0 aliphatic heterocycles. The Morgan fingerprint density at radius 3 is 2.29 bits per heavy atom. The maximum absolute atomic E-state index is 13.8. The lowest BCUT2D eigenvalue weighted by molar-refractivity contribution is 0.249. The summed E-state index contributed by atoms with van der Waals surface area (Å²) in [5.74, 6) is -1.68. The van der Waals surface area contributed by atoms with E-state index in [1.807, 2.05) is 6.92 Å². The van der Waals surface area contributed by atoms with Crippen molar-refractivity contribution in [2.75, 3.05) is 5.73 Å². The van der Waals surface area contributed by atoms with Crippen LogP contribution in [0.5, 0.6) is 0 Å². The summed E-state index contributed by atoms with van der Waals surface area (Å²) >= 11 is 0. The normalized spacial score (nSPS) is 26.8. The van der Waals surface area contributed by atoms with Crippen LogP contribution in [0.4, 0.5) is 14.5 Å². The fraction of sp³-hybridized carbons (Fsp3) is 0.571. The first-order chi connectivity index (χ1) is 9.70. The molecule has 0 amide bonds. The Hall–Kier alpha value is -1.21. The number of anilines is 1. The van der Waals surface area contributed by atoms with Gasteiger partial charge in [0.1, 0.15) is 11.6 Å². The summed E-state index contributed by atoms with van der Waals surface area (Å²) < 4.78 is 54.5. The molecule has 0 bridgehead atoms. The van der Waals surface area contributed by atoms with Crippen LogP contribution in [0.3, 0.4) is 0 Å². The average Bonchev–Trinajstić information content (AvgIpc) is 2.30. The number of nitrogens with two attached hydrogens (primary N) is 1. The molecule has 3 unspecified atom stereocenters. The summed E-state index contributed by atoms with van der Waals surface area (Å²) in [5.41, 5.74) is 5.15. The Morgan fingerprint density at radius 2 is 1.76 bits per heavy atom. The quantitative estimate of drug-likeness (QED) is 0.842. The lowest BCUT2D eigenvalue weighted by Gasteiger charge is -2.32. The van der Waals surface area contributed by atoms with Crippen molar-refractivity contribution in [3.63, 3.8) is 0 Å². The molecule has 3 atom stereocenters. The van der Waals surface area contributed by atoms with Crippen LogP contribution in [0.25, 0.3) is 0 Å². The Morgan fingerprint density at radius 1 is 1.19 bits per heavy atom. The maximum Gasteiger partial charge on any atom is 0.246 e. The highest BCUT2D eigenvalue weighted by Gasteiger charge is 2.32. The Balaban J connectivity index is 2.27. The van der Waals surface area contributed by atoms with E-state index in [0.717, 1.165) is 25.0 Å². The fourth-order valence-corrected chi connectivity index (χ4v) is 4.43. The molecular formula is C14H20F2N2O2S. The molecule has 1 aliphatic carbocycles. The molecule has 1 saturated carbocycles. The van der Waals surface area contributed by atoms with Crippen LogP contribution in [-0.2, 0) is 10.0 Å². The molecule has 2 rings (SSSR count). The van der Waals surface area contributed by atoms with E-state index in [1.165, 1.54) is 0 Å². The highest BCUT2D eigenvalue weighted by atomic mass is 32.2. The van der Waals surface area contributed by atoms with Crippen molar-refractivity contribution < 1.29 is 17.2 Å². The number of benzene rings is 1. The largest absolute Gasteiger partial charge is 0.399 e. The number of hydrogen-bond acceptors (Lipinski definition) is 3. The molecule has 0 saturated heterocycles. The smallest absolute Gasteiger partial charge is 0.246 e. The Labute approximate surface area is 123 Å². The van der Waals surface area contributed by atoms with Gasteiger partial charge in [0.15, 0.2) is 4.90 Å². The average molecular weight is 318 g/mol. The van der Waals surface area contributed by atoms with E-state index in [1.54, 1.807) is 0 Å². The predicted octanol–water partition coefficient (Wildman–Crippen LogP) is 2.65. The number of halogens is 2. The SMILES string of the molecule is CC1CCC(NS(=O)(=O)c2c(F)cc(N)cc2F)C(C)C1. The van der Waals surface area contributed by atoms with Gasteiger partial charge in [-0.2, -0.15) is 0 Å². The van der Waals surface area contributed by atoms with Gasteiger partial charge in [-0.25, -0.2) is 21.9 Å². The van der Waals surface area contributed by atoms with Crippen molar-refractivity contribution >= 4 is 15.7 Å². The van der Waals surface area contributed by atoms with Gasteiger partial charge in [0, 0.05) is 11.7 Å². The second kappa shape index (κ2) is 5.88. The van der Waals surface area contributed by atoms with Gasteiger partial charge in [-0.15, -0.1) is 0 Å². The summed E-state index contributed by atoms with van der Waals surface area (Å²) in [6.07, 6.45) is 2.45. The van der Waals surface area contributed by atoms with Crippen LogP contribution in [0.15, 0.2) is 17.0 Å².